The van der Waals surface area contributed by atoms with Gasteiger partial charge in [-0.15, -0.1) is 26.3 Å². The molecule has 1 N–H and O–H groups in total. The highest BCUT2D eigenvalue weighted by atomic mass is 19.4. The third-order valence-corrected chi connectivity index (χ3v) is 2.91. The maximum atomic E-state index is 12.9. The highest BCUT2D eigenvalue weighted by molar-refractivity contribution is 5.95. The van der Waals surface area contributed by atoms with Crippen LogP contribution in [0.1, 0.15) is 5.56 Å². The molecule has 0 bridgehead atoms. The molecule has 150 valence electrons. The zero-order valence-electron chi connectivity index (χ0n) is 12.3. The lowest BCUT2D eigenvalue weighted by Crippen LogP contribution is -2.40. The molecule has 0 aliphatic carbocycles. The molecular formula is C13H5F9O5. The van der Waals surface area contributed by atoms with Gasteiger partial charge < -0.3 is 19.3 Å². The fourth-order valence-corrected chi connectivity index (χ4v) is 2.03. The van der Waals surface area contributed by atoms with E-state index in [0.717, 1.165) is 0 Å². The number of aliphatic carboxylic acids is 1. The third kappa shape index (κ3) is 5.10. The summed E-state index contributed by atoms with van der Waals surface area (Å²) in [5.74, 6) is -6.28. The van der Waals surface area contributed by atoms with E-state index in [0.29, 0.717) is 6.08 Å². The second kappa shape index (κ2) is 6.42. The first-order valence-electron chi connectivity index (χ1n) is 6.44. The molecule has 5 nitrogen and oxygen atoms in total. The van der Waals surface area contributed by atoms with Crippen molar-refractivity contribution in [2.45, 2.75) is 25.0 Å². The van der Waals surface area contributed by atoms with Crippen molar-refractivity contribution in [3.63, 3.8) is 0 Å². The van der Waals surface area contributed by atoms with Crippen LogP contribution >= 0.6 is 0 Å². The number of hydrogen-bond donors (Lipinski definition) is 1. The van der Waals surface area contributed by atoms with E-state index in [2.05, 4.69) is 14.2 Å². The SMILES string of the molecule is O=C(O)C1=Cc2cc(OC(F)(F)F)c(OC(F)(F)F)cc2OC1C(F)(F)F. The van der Waals surface area contributed by atoms with Gasteiger partial charge in [0.2, 0.25) is 6.10 Å². The fourth-order valence-electron chi connectivity index (χ4n) is 2.03. The molecule has 14 heteroatoms. The van der Waals surface area contributed by atoms with E-state index in [9.17, 15) is 44.3 Å². The lowest BCUT2D eigenvalue weighted by Gasteiger charge is -2.28. The van der Waals surface area contributed by atoms with Crippen molar-refractivity contribution in [2.24, 2.45) is 0 Å². The largest absolute Gasteiger partial charge is 0.573 e. The quantitative estimate of drug-likeness (QED) is 0.752. The molecule has 0 saturated heterocycles. The minimum atomic E-state index is -5.50. The number of alkyl halides is 9. The minimum absolute atomic E-state index is 0.0811. The summed E-state index contributed by atoms with van der Waals surface area (Å²) in [6, 6.07) is 0.289. The molecule has 1 aromatic carbocycles. The molecule has 1 aromatic rings. The number of fused-ring (bicyclic) bond motifs is 1. The van der Waals surface area contributed by atoms with Crippen molar-refractivity contribution in [2.75, 3.05) is 0 Å². The Morgan fingerprint density at radius 1 is 0.926 bits per heavy atom. The summed E-state index contributed by atoms with van der Waals surface area (Å²) in [6.45, 7) is 0. The Morgan fingerprint density at radius 2 is 1.41 bits per heavy atom. The molecule has 0 saturated carbocycles. The van der Waals surface area contributed by atoms with Gasteiger partial charge in [0.15, 0.2) is 11.5 Å². The second-order valence-electron chi connectivity index (χ2n) is 4.88. The zero-order valence-corrected chi connectivity index (χ0v) is 12.3. The Morgan fingerprint density at radius 3 is 1.81 bits per heavy atom. The highest BCUT2D eigenvalue weighted by Gasteiger charge is 2.49. The maximum absolute atomic E-state index is 12.9. The van der Waals surface area contributed by atoms with Crippen LogP contribution in [0.5, 0.6) is 17.2 Å². The summed E-state index contributed by atoms with van der Waals surface area (Å²) in [4.78, 5) is 11.0. The van der Waals surface area contributed by atoms with E-state index in [1.807, 2.05) is 0 Å². The smallest absolute Gasteiger partial charge is 0.478 e. The van der Waals surface area contributed by atoms with E-state index in [4.69, 9.17) is 5.11 Å². The normalized spacial score (nSPS) is 17.5. The van der Waals surface area contributed by atoms with Gasteiger partial charge >= 0.3 is 24.9 Å². The molecule has 0 amide bonds. The average Bonchev–Trinajstić information content (AvgIpc) is 2.42. The Hall–Kier alpha value is -2.80. The van der Waals surface area contributed by atoms with Gasteiger partial charge in [-0.05, 0) is 12.1 Å². The monoisotopic (exact) mass is 412 g/mol. The van der Waals surface area contributed by atoms with Crippen molar-refractivity contribution in [3.8, 4) is 17.2 Å². The molecule has 1 unspecified atom stereocenters. The summed E-state index contributed by atoms with van der Waals surface area (Å²) in [5, 5.41) is 8.83. The van der Waals surface area contributed by atoms with Crippen molar-refractivity contribution in [1.29, 1.82) is 0 Å². The van der Waals surface area contributed by atoms with Gasteiger partial charge in [0.05, 0.1) is 5.57 Å². The Labute approximate surface area is 142 Å². The highest BCUT2D eigenvalue weighted by Crippen LogP contribution is 2.45. The number of carboxylic acid groups (broad SMARTS) is 1. The van der Waals surface area contributed by atoms with E-state index in [1.54, 1.807) is 0 Å². The van der Waals surface area contributed by atoms with Gasteiger partial charge in [-0.3, -0.25) is 0 Å². The second-order valence-corrected chi connectivity index (χ2v) is 4.88. The van der Waals surface area contributed by atoms with Gasteiger partial charge in [0.1, 0.15) is 5.75 Å². The number of carboxylic acids is 1. The zero-order chi connectivity index (χ0) is 20.8. The first kappa shape index (κ1) is 20.5. The molecule has 0 spiro atoms. The molecule has 1 aliphatic heterocycles. The molecule has 1 heterocycles. The Balaban J connectivity index is 2.61. The topological polar surface area (TPSA) is 65.0 Å². The van der Waals surface area contributed by atoms with Crippen LogP contribution in [0.4, 0.5) is 39.5 Å². The van der Waals surface area contributed by atoms with Crippen LogP contribution < -0.4 is 14.2 Å². The third-order valence-electron chi connectivity index (χ3n) is 2.91. The lowest BCUT2D eigenvalue weighted by atomic mass is 10.0. The van der Waals surface area contributed by atoms with Crippen LogP contribution in [0.3, 0.4) is 0 Å². The van der Waals surface area contributed by atoms with Crippen molar-refractivity contribution >= 4 is 12.0 Å². The summed E-state index contributed by atoms with van der Waals surface area (Å²) < 4.78 is 124. The number of benzene rings is 1. The standard InChI is InChI=1S/C13H5F9O5/c14-11(15,16)9-5(10(23)24)1-4-2-7(26-12(17,18)19)8(3-6(4)25-9)27-13(20,21)22/h1-3,9H,(H,23,24). The summed E-state index contributed by atoms with van der Waals surface area (Å²) >= 11 is 0. The fraction of sp³-hybridized carbons (Fsp3) is 0.308. The number of hydrogen-bond acceptors (Lipinski definition) is 4. The number of rotatable bonds is 3. The van der Waals surface area contributed by atoms with Crippen molar-refractivity contribution < 1.29 is 63.6 Å². The van der Waals surface area contributed by atoms with Crippen LogP contribution in [0, 0.1) is 0 Å². The van der Waals surface area contributed by atoms with Crippen LogP contribution in [0.2, 0.25) is 0 Å². The molecule has 27 heavy (non-hydrogen) atoms. The van der Waals surface area contributed by atoms with Gasteiger partial charge in [-0.25, -0.2) is 4.79 Å². The lowest BCUT2D eigenvalue weighted by molar-refractivity contribution is -0.287. The molecule has 1 atom stereocenters. The predicted molar refractivity (Wildman–Crippen MR) is 65.9 cm³/mol. The molecule has 0 radical (unpaired) electrons. The maximum Gasteiger partial charge on any atom is 0.573 e. The van der Waals surface area contributed by atoms with E-state index >= 15 is 0 Å². The van der Waals surface area contributed by atoms with Crippen LogP contribution in [0.25, 0.3) is 6.08 Å². The molecule has 1 aliphatic rings. The first-order valence-corrected chi connectivity index (χ1v) is 6.44. The summed E-state index contributed by atoms with van der Waals surface area (Å²) in [5.41, 5.74) is -2.08. The number of ether oxygens (including phenoxy) is 3. The average molecular weight is 412 g/mol. The van der Waals surface area contributed by atoms with E-state index < -0.39 is 59.4 Å². The van der Waals surface area contributed by atoms with Crippen molar-refractivity contribution in [1.82, 2.24) is 0 Å². The number of halogens is 9. The van der Waals surface area contributed by atoms with E-state index in [-0.39, 0.29) is 12.1 Å². The first-order chi connectivity index (χ1) is 12.1. The molecule has 0 aromatic heterocycles. The van der Waals surface area contributed by atoms with E-state index in [1.165, 1.54) is 0 Å². The van der Waals surface area contributed by atoms with Crippen LogP contribution in [0.15, 0.2) is 17.7 Å². The molecule has 0 fully saturated rings. The minimum Gasteiger partial charge on any atom is -0.478 e. The summed E-state index contributed by atoms with van der Waals surface area (Å²) in [6.07, 6.45) is -19.0. The van der Waals surface area contributed by atoms with Gasteiger partial charge in [0, 0.05) is 11.6 Å². The molecular weight excluding hydrogens is 407 g/mol. The van der Waals surface area contributed by atoms with Gasteiger partial charge in [-0.1, -0.05) is 0 Å². The Kier molecular flexibility index (Phi) is 4.88. The van der Waals surface area contributed by atoms with Gasteiger partial charge in [-0.2, -0.15) is 13.2 Å². The van der Waals surface area contributed by atoms with Crippen LogP contribution in [-0.4, -0.2) is 36.1 Å². The predicted octanol–water partition coefficient (Wildman–Crippen LogP) is 4.28. The van der Waals surface area contributed by atoms with Gasteiger partial charge in [0.25, 0.3) is 0 Å². The Bertz CT molecular complexity index is 776. The molecule has 2 rings (SSSR count). The van der Waals surface area contributed by atoms with Crippen molar-refractivity contribution in [3.05, 3.63) is 23.3 Å². The van der Waals surface area contributed by atoms with Crippen LogP contribution in [-0.2, 0) is 4.79 Å². The number of carbonyl (C=O) groups is 1. The summed E-state index contributed by atoms with van der Waals surface area (Å²) in [7, 11) is 0.